The fraction of sp³-hybridized carbons (Fsp3) is 0.154. The molecule has 0 atom stereocenters. The smallest absolute Gasteiger partial charge is 0.257 e. The number of anilines is 1. The van der Waals surface area contributed by atoms with Crippen molar-refractivity contribution in [1.29, 1.82) is 0 Å². The topological polar surface area (TPSA) is 77.6 Å². The van der Waals surface area contributed by atoms with Gasteiger partial charge in [-0.05, 0) is 25.1 Å². The van der Waals surface area contributed by atoms with E-state index in [2.05, 4.69) is 4.98 Å². The Morgan fingerprint density at radius 1 is 1.22 bits per heavy atom. The molecule has 2 rings (SSSR count). The summed E-state index contributed by atoms with van der Waals surface area (Å²) >= 11 is 0. The summed E-state index contributed by atoms with van der Waals surface area (Å²) in [6, 6.07) is 8.72. The average molecular weight is 246 g/mol. The molecule has 0 amide bonds. The summed E-state index contributed by atoms with van der Waals surface area (Å²) in [5.74, 6) is 0.910. The van der Waals surface area contributed by atoms with Crippen LogP contribution in [0.1, 0.15) is 5.69 Å². The number of pyridine rings is 1. The number of aromatic nitrogens is 1. The van der Waals surface area contributed by atoms with Gasteiger partial charge in [0.15, 0.2) is 11.5 Å². The third-order valence-corrected chi connectivity index (χ3v) is 2.39. The first kappa shape index (κ1) is 12.0. The van der Waals surface area contributed by atoms with Crippen molar-refractivity contribution in [2.24, 2.45) is 0 Å². The summed E-state index contributed by atoms with van der Waals surface area (Å²) in [5.41, 5.74) is 6.74. The highest BCUT2D eigenvalue weighted by atomic mass is 16.5. The number of aromatic hydroxyl groups is 1. The van der Waals surface area contributed by atoms with Gasteiger partial charge in [0.25, 0.3) is 5.88 Å². The quantitative estimate of drug-likeness (QED) is 0.869. The van der Waals surface area contributed by atoms with Crippen LogP contribution in [-0.4, -0.2) is 17.2 Å². The Hall–Kier alpha value is -2.43. The van der Waals surface area contributed by atoms with E-state index < -0.39 is 0 Å². The van der Waals surface area contributed by atoms with Crippen molar-refractivity contribution in [3.05, 3.63) is 36.0 Å². The maximum Gasteiger partial charge on any atom is 0.257 e. The van der Waals surface area contributed by atoms with Crippen LogP contribution in [0.3, 0.4) is 0 Å². The Morgan fingerprint density at radius 2 is 1.89 bits per heavy atom. The first-order valence-corrected chi connectivity index (χ1v) is 5.38. The SMILES string of the molecule is COc1ccccc1Oc1c(N)cc(C)nc1O. The van der Waals surface area contributed by atoms with E-state index >= 15 is 0 Å². The van der Waals surface area contributed by atoms with Crippen LogP contribution in [-0.2, 0) is 0 Å². The maximum atomic E-state index is 9.74. The second kappa shape index (κ2) is 4.83. The molecule has 0 radical (unpaired) electrons. The maximum absolute atomic E-state index is 9.74. The zero-order chi connectivity index (χ0) is 13.1. The van der Waals surface area contributed by atoms with Crippen LogP contribution in [0.2, 0.25) is 0 Å². The molecule has 0 aliphatic heterocycles. The van der Waals surface area contributed by atoms with Crippen molar-refractivity contribution in [2.45, 2.75) is 6.92 Å². The van der Waals surface area contributed by atoms with E-state index in [9.17, 15) is 5.11 Å². The first-order valence-electron chi connectivity index (χ1n) is 5.38. The Kier molecular flexibility index (Phi) is 3.23. The molecule has 0 saturated carbocycles. The normalized spacial score (nSPS) is 10.1. The molecule has 3 N–H and O–H groups in total. The minimum Gasteiger partial charge on any atom is -0.493 e. The molecule has 0 fully saturated rings. The summed E-state index contributed by atoms with van der Waals surface area (Å²) in [5, 5.41) is 9.74. The predicted octanol–water partition coefficient (Wildman–Crippen LogP) is 2.48. The number of nitrogens with zero attached hydrogens (tertiary/aromatic N) is 1. The van der Waals surface area contributed by atoms with Gasteiger partial charge in [0.05, 0.1) is 12.8 Å². The van der Waals surface area contributed by atoms with Crippen LogP contribution in [0.15, 0.2) is 30.3 Å². The van der Waals surface area contributed by atoms with E-state index in [4.69, 9.17) is 15.2 Å². The lowest BCUT2D eigenvalue weighted by molar-refractivity contribution is 0.362. The van der Waals surface area contributed by atoms with Gasteiger partial charge < -0.3 is 20.3 Å². The predicted molar refractivity (Wildman–Crippen MR) is 68.1 cm³/mol. The highest BCUT2D eigenvalue weighted by Crippen LogP contribution is 2.38. The molecular weight excluding hydrogens is 232 g/mol. The van der Waals surface area contributed by atoms with E-state index in [1.807, 2.05) is 6.07 Å². The van der Waals surface area contributed by atoms with Gasteiger partial charge in [0, 0.05) is 5.69 Å². The largest absolute Gasteiger partial charge is 0.493 e. The van der Waals surface area contributed by atoms with Crippen molar-refractivity contribution in [3.63, 3.8) is 0 Å². The van der Waals surface area contributed by atoms with Crippen molar-refractivity contribution in [3.8, 4) is 23.1 Å². The highest BCUT2D eigenvalue weighted by molar-refractivity contribution is 5.60. The summed E-state index contributed by atoms with van der Waals surface area (Å²) in [4.78, 5) is 3.90. The van der Waals surface area contributed by atoms with Crippen LogP contribution in [0.5, 0.6) is 23.1 Å². The van der Waals surface area contributed by atoms with Crippen molar-refractivity contribution in [1.82, 2.24) is 4.98 Å². The molecule has 0 spiro atoms. The van der Waals surface area contributed by atoms with Crippen LogP contribution >= 0.6 is 0 Å². The Bertz CT molecular complexity index is 547. The molecule has 1 aromatic carbocycles. The fourth-order valence-corrected chi connectivity index (χ4v) is 1.59. The number of ether oxygens (including phenoxy) is 2. The fourth-order valence-electron chi connectivity index (χ4n) is 1.59. The zero-order valence-electron chi connectivity index (χ0n) is 10.2. The number of aryl methyl sites for hydroxylation is 1. The Balaban J connectivity index is 2.40. The molecule has 94 valence electrons. The molecule has 18 heavy (non-hydrogen) atoms. The van der Waals surface area contributed by atoms with Gasteiger partial charge in [0.1, 0.15) is 0 Å². The standard InChI is InChI=1S/C13H14N2O3/c1-8-7-9(14)12(13(16)15-8)18-11-6-4-3-5-10(11)17-2/h3-7H,1-2H3,(H3,14,15,16). The minimum atomic E-state index is -0.238. The van der Waals surface area contributed by atoms with Crippen molar-refractivity contribution in [2.75, 3.05) is 12.8 Å². The lowest BCUT2D eigenvalue weighted by Gasteiger charge is -2.12. The number of para-hydroxylation sites is 2. The molecule has 0 aliphatic rings. The molecule has 0 aliphatic carbocycles. The molecule has 5 nitrogen and oxygen atoms in total. The number of hydrogen-bond donors (Lipinski definition) is 2. The average Bonchev–Trinajstić information content (AvgIpc) is 2.34. The number of benzene rings is 1. The third-order valence-electron chi connectivity index (χ3n) is 2.39. The molecule has 2 aromatic rings. The van der Waals surface area contributed by atoms with Crippen LogP contribution in [0, 0.1) is 6.92 Å². The number of rotatable bonds is 3. The summed E-state index contributed by atoms with van der Waals surface area (Å²) in [7, 11) is 1.54. The number of methoxy groups -OCH3 is 1. The first-order chi connectivity index (χ1) is 8.61. The second-order valence-electron chi connectivity index (χ2n) is 3.76. The van der Waals surface area contributed by atoms with Gasteiger partial charge in [0.2, 0.25) is 5.75 Å². The van der Waals surface area contributed by atoms with Crippen LogP contribution in [0.25, 0.3) is 0 Å². The molecule has 0 unspecified atom stereocenters. The van der Waals surface area contributed by atoms with Gasteiger partial charge in [-0.15, -0.1) is 0 Å². The second-order valence-corrected chi connectivity index (χ2v) is 3.76. The van der Waals surface area contributed by atoms with E-state index in [1.165, 1.54) is 0 Å². The molecule has 0 bridgehead atoms. The highest BCUT2D eigenvalue weighted by Gasteiger charge is 2.13. The van der Waals surface area contributed by atoms with Gasteiger partial charge >= 0.3 is 0 Å². The van der Waals surface area contributed by atoms with E-state index in [1.54, 1.807) is 38.3 Å². The van der Waals surface area contributed by atoms with Gasteiger partial charge in [-0.3, -0.25) is 0 Å². The summed E-state index contributed by atoms with van der Waals surface area (Å²) in [6.07, 6.45) is 0. The van der Waals surface area contributed by atoms with Crippen LogP contribution < -0.4 is 15.2 Å². The third kappa shape index (κ3) is 2.29. The molecule has 1 aromatic heterocycles. The monoisotopic (exact) mass is 246 g/mol. The van der Waals surface area contributed by atoms with E-state index in [-0.39, 0.29) is 11.6 Å². The summed E-state index contributed by atoms with van der Waals surface area (Å²) < 4.78 is 10.7. The molecule has 5 heteroatoms. The molecule has 1 heterocycles. The Morgan fingerprint density at radius 3 is 2.50 bits per heavy atom. The zero-order valence-corrected chi connectivity index (χ0v) is 10.2. The van der Waals surface area contributed by atoms with E-state index in [0.29, 0.717) is 22.9 Å². The summed E-state index contributed by atoms with van der Waals surface area (Å²) in [6.45, 7) is 1.74. The van der Waals surface area contributed by atoms with Gasteiger partial charge in [-0.25, -0.2) is 4.98 Å². The van der Waals surface area contributed by atoms with Crippen LogP contribution in [0.4, 0.5) is 5.69 Å². The molecule has 0 saturated heterocycles. The van der Waals surface area contributed by atoms with Gasteiger partial charge in [-0.1, -0.05) is 12.1 Å². The van der Waals surface area contributed by atoms with Crippen molar-refractivity contribution >= 4 is 5.69 Å². The minimum absolute atomic E-state index is 0.130. The number of nitrogen functional groups attached to an aromatic ring is 1. The molecular formula is C13H14N2O3. The van der Waals surface area contributed by atoms with E-state index in [0.717, 1.165) is 0 Å². The lowest BCUT2D eigenvalue weighted by atomic mass is 10.3. The lowest BCUT2D eigenvalue weighted by Crippen LogP contribution is -1.97. The van der Waals surface area contributed by atoms with Gasteiger partial charge in [-0.2, -0.15) is 0 Å². The number of hydrogen-bond acceptors (Lipinski definition) is 5. The van der Waals surface area contributed by atoms with Crippen molar-refractivity contribution < 1.29 is 14.6 Å². The number of nitrogens with two attached hydrogens (primary N) is 1. The Labute approximate surface area is 105 Å².